The van der Waals surface area contributed by atoms with Gasteiger partial charge in [-0.1, -0.05) is 12.1 Å². The van der Waals surface area contributed by atoms with Crippen LogP contribution in [0.15, 0.2) is 47.5 Å². The fourth-order valence-corrected chi connectivity index (χ4v) is 4.32. The van der Waals surface area contributed by atoms with E-state index >= 15 is 0 Å². The number of likely N-dealkylation sites (tertiary alicyclic amines) is 1. The molecule has 3 aromatic rings. The topological polar surface area (TPSA) is 31.9 Å². The fraction of sp³-hybridized carbons (Fsp3) is 0.350. The predicted octanol–water partition coefficient (Wildman–Crippen LogP) is 4.59. The van der Waals surface area contributed by atoms with Crippen molar-refractivity contribution >= 4 is 22.7 Å². The molecule has 0 unspecified atom stereocenters. The molecule has 0 aliphatic carbocycles. The second-order valence-corrected chi connectivity index (χ2v) is 7.12. The van der Waals surface area contributed by atoms with E-state index in [1.54, 1.807) is 22.9 Å². The third-order valence-corrected chi connectivity index (χ3v) is 5.63. The van der Waals surface area contributed by atoms with E-state index < -0.39 is 6.98 Å². The van der Waals surface area contributed by atoms with E-state index in [-0.39, 0.29) is 6.04 Å². The molecule has 0 radical (unpaired) electrons. The molecule has 1 aliphatic rings. The maximum atomic E-state index is 7.88. The molecule has 24 heavy (non-hydrogen) atoms. The van der Waals surface area contributed by atoms with E-state index in [0.29, 0.717) is 13.0 Å². The molecule has 0 saturated carbocycles. The number of hydrogen-bond acceptors (Lipinski definition) is 3. The average Bonchev–Trinajstić information content (AvgIpc) is 3.27. The van der Waals surface area contributed by atoms with Gasteiger partial charge in [-0.2, -0.15) is 0 Å². The van der Waals surface area contributed by atoms with Gasteiger partial charge in [-0.15, -0.1) is 11.8 Å². The van der Waals surface area contributed by atoms with Crippen LogP contribution in [0, 0.1) is 0 Å². The Balaban J connectivity index is 1.85. The minimum atomic E-state index is -2.04. The molecule has 0 spiro atoms. The molecule has 0 bridgehead atoms. The molecule has 2 aromatic heterocycles. The van der Waals surface area contributed by atoms with Crippen LogP contribution in [0.5, 0.6) is 0 Å². The van der Waals surface area contributed by atoms with E-state index in [2.05, 4.69) is 34.4 Å². The number of fused-ring (bicyclic) bond motifs is 1. The summed E-state index contributed by atoms with van der Waals surface area (Å²) in [4.78, 5) is 11.0. The van der Waals surface area contributed by atoms with Crippen molar-refractivity contribution in [2.75, 3.05) is 19.8 Å². The van der Waals surface area contributed by atoms with Crippen molar-refractivity contribution in [1.82, 2.24) is 14.9 Å². The molecule has 1 aliphatic heterocycles. The van der Waals surface area contributed by atoms with Crippen molar-refractivity contribution in [1.29, 1.82) is 0 Å². The van der Waals surface area contributed by atoms with Crippen molar-refractivity contribution < 1.29 is 4.11 Å². The zero-order valence-electron chi connectivity index (χ0n) is 16.7. The number of H-pyrrole nitrogens is 1. The zero-order chi connectivity index (χ0) is 19.0. The summed E-state index contributed by atoms with van der Waals surface area (Å²) >= 11 is 1.72. The summed E-state index contributed by atoms with van der Waals surface area (Å²) in [5.74, 6) is 0. The largest absolute Gasteiger partial charge is 0.353 e. The highest BCUT2D eigenvalue weighted by molar-refractivity contribution is 7.98. The van der Waals surface area contributed by atoms with Crippen molar-refractivity contribution in [2.24, 2.45) is 0 Å². The molecule has 1 fully saturated rings. The molecule has 4 heteroatoms. The number of aromatic nitrogens is 2. The van der Waals surface area contributed by atoms with Gasteiger partial charge in [0.1, 0.15) is 0 Å². The van der Waals surface area contributed by atoms with Crippen LogP contribution in [0.25, 0.3) is 22.3 Å². The van der Waals surface area contributed by atoms with E-state index in [0.717, 1.165) is 29.7 Å². The van der Waals surface area contributed by atoms with Crippen molar-refractivity contribution in [3.05, 3.63) is 48.2 Å². The van der Waals surface area contributed by atoms with E-state index in [9.17, 15) is 0 Å². The van der Waals surface area contributed by atoms with Crippen LogP contribution in [0.4, 0.5) is 0 Å². The summed E-state index contributed by atoms with van der Waals surface area (Å²) in [6.45, 7) is -1.40. The van der Waals surface area contributed by atoms with Crippen LogP contribution in [-0.4, -0.2) is 40.7 Å². The summed E-state index contributed by atoms with van der Waals surface area (Å²) in [7, 11) is 0. The van der Waals surface area contributed by atoms with E-state index in [1.807, 2.05) is 18.2 Å². The molecule has 4 rings (SSSR count). The molecular weight excluding hydrogens is 314 g/mol. The van der Waals surface area contributed by atoms with Crippen LogP contribution in [-0.2, 0) is 6.42 Å². The Morgan fingerprint density at radius 1 is 1.33 bits per heavy atom. The summed E-state index contributed by atoms with van der Waals surface area (Å²) in [5, 5.41) is 1.20. The van der Waals surface area contributed by atoms with Gasteiger partial charge in [0.05, 0.1) is 11.4 Å². The Labute approximate surface area is 151 Å². The number of nitrogens with one attached hydrogen (secondary N) is 1. The summed E-state index contributed by atoms with van der Waals surface area (Å²) in [6, 6.07) is 12.2. The van der Waals surface area contributed by atoms with Crippen molar-refractivity contribution in [3.63, 3.8) is 0 Å². The highest BCUT2D eigenvalue weighted by Crippen LogP contribution is 2.37. The van der Waals surface area contributed by atoms with Crippen LogP contribution in [0.1, 0.15) is 22.5 Å². The lowest BCUT2D eigenvalue weighted by Gasteiger charge is -2.20. The smallest absolute Gasteiger partial charge is 0.0867 e. The Morgan fingerprint density at radius 2 is 2.29 bits per heavy atom. The second-order valence-electron chi connectivity index (χ2n) is 6.27. The molecule has 1 saturated heterocycles. The summed E-state index contributed by atoms with van der Waals surface area (Å²) in [5.41, 5.74) is 4.16. The minimum Gasteiger partial charge on any atom is -0.353 e. The van der Waals surface area contributed by atoms with Gasteiger partial charge in [0.2, 0.25) is 0 Å². The number of hydrogen-bond donors (Lipinski definition) is 1. The SMILES string of the molecule is [2H]C([2H])([2H])N1CCC[C@@H]1Cc1c(-c2ccccn2)[nH]c2cccc(SC)c12. The van der Waals surface area contributed by atoms with Crippen molar-refractivity contribution in [2.45, 2.75) is 30.2 Å². The third kappa shape index (κ3) is 2.74. The Hall–Kier alpha value is -1.78. The Kier molecular flexibility index (Phi) is 3.46. The monoisotopic (exact) mass is 340 g/mol. The van der Waals surface area contributed by atoms with Gasteiger partial charge in [-0.3, -0.25) is 4.98 Å². The first-order valence-electron chi connectivity index (χ1n) is 9.84. The first kappa shape index (κ1) is 12.6. The van der Waals surface area contributed by atoms with Gasteiger partial charge in [-0.05, 0) is 68.9 Å². The Bertz CT molecular complexity index is 937. The maximum absolute atomic E-state index is 7.88. The van der Waals surface area contributed by atoms with E-state index in [1.165, 1.54) is 15.8 Å². The van der Waals surface area contributed by atoms with Crippen molar-refractivity contribution in [3.8, 4) is 11.4 Å². The van der Waals surface area contributed by atoms with Gasteiger partial charge in [-0.25, -0.2) is 0 Å². The first-order chi connectivity index (χ1) is 13.0. The third-order valence-electron chi connectivity index (χ3n) is 4.85. The molecule has 1 atom stereocenters. The quantitative estimate of drug-likeness (QED) is 0.705. The average molecular weight is 341 g/mol. The van der Waals surface area contributed by atoms with E-state index in [4.69, 9.17) is 4.11 Å². The molecule has 1 N–H and O–H groups in total. The molecular formula is C20H23N3S. The highest BCUT2D eigenvalue weighted by Gasteiger charge is 2.25. The van der Waals surface area contributed by atoms with Gasteiger partial charge in [0, 0.05) is 32.1 Å². The van der Waals surface area contributed by atoms with Crippen LogP contribution in [0.3, 0.4) is 0 Å². The van der Waals surface area contributed by atoms with Crippen LogP contribution < -0.4 is 0 Å². The second kappa shape index (κ2) is 6.61. The van der Waals surface area contributed by atoms with Gasteiger partial charge in [0.15, 0.2) is 0 Å². The molecule has 3 nitrogen and oxygen atoms in total. The number of pyridine rings is 1. The number of rotatable bonds is 4. The zero-order valence-corrected chi connectivity index (χ0v) is 14.6. The first-order valence-corrected chi connectivity index (χ1v) is 9.57. The summed E-state index contributed by atoms with van der Waals surface area (Å²) < 4.78 is 23.6. The Morgan fingerprint density at radius 3 is 3.08 bits per heavy atom. The molecule has 1 aromatic carbocycles. The van der Waals surface area contributed by atoms with Gasteiger partial charge < -0.3 is 9.88 Å². The molecule has 3 heterocycles. The summed E-state index contributed by atoms with van der Waals surface area (Å²) in [6.07, 6.45) is 6.43. The highest BCUT2D eigenvalue weighted by atomic mass is 32.2. The number of likely N-dealkylation sites (N-methyl/N-ethyl adjacent to an activating group) is 1. The number of benzene rings is 1. The number of thioether (sulfide) groups is 1. The van der Waals surface area contributed by atoms with Gasteiger partial charge >= 0.3 is 0 Å². The lowest BCUT2D eigenvalue weighted by Crippen LogP contribution is -2.27. The van der Waals surface area contributed by atoms with Gasteiger partial charge in [0.25, 0.3) is 0 Å². The minimum absolute atomic E-state index is 0.0221. The molecule has 0 amide bonds. The maximum Gasteiger partial charge on any atom is 0.0867 e. The number of nitrogens with zero attached hydrogens (tertiary/aromatic N) is 2. The number of aromatic amines is 1. The lowest BCUT2D eigenvalue weighted by molar-refractivity contribution is 0.310. The fourth-order valence-electron chi connectivity index (χ4n) is 3.67. The molecule has 124 valence electrons. The van der Waals surface area contributed by atoms with Crippen LogP contribution >= 0.6 is 11.8 Å². The lowest BCUT2D eigenvalue weighted by atomic mass is 9.99. The predicted molar refractivity (Wildman–Crippen MR) is 103 cm³/mol. The standard InChI is InChI=1S/C20H23N3S/c1-23-12-6-7-14(23)13-15-19-16(9-5-10-18(19)24-2)22-20(15)17-8-3-4-11-21-17/h3-5,8-11,14,22H,6-7,12-13H2,1-2H3/t14-/m1/s1/i1D3. The van der Waals surface area contributed by atoms with Crippen LogP contribution in [0.2, 0.25) is 0 Å². The normalized spacial score (nSPS) is 20.9.